The van der Waals surface area contributed by atoms with E-state index in [1.54, 1.807) is 24.5 Å². The first-order chi connectivity index (χ1) is 12.2. The molecule has 0 saturated carbocycles. The molecule has 2 aliphatic rings. The van der Waals surface area contributed by atoms with Crippen LogP contribution in [0.25, 0.3) is 22.3 Å². The third kappa shape index (κ3) is 2.74. The number of hydrogen-bond acceptors (Lipinski definition) is 5. The minimum atomic E-state index is -0.403. The molecule has 0 aliphatic carbocycles. The first-order valence-electron chi connectivity index (χ1n) is 8.79. The van der Waals surface area contributed by atoms with Crippen molar-refractivity contribution in [3.8, 4) is 17.1 Å². The van der Waals surface area contributed by atoms with Gasteiger partial charge in [0.05, 0.1) is 6.26 Å². The second-order valence-electron chi connectivity index (χ2n) is 6.97. The van der Waals surface area contributed by atoms with Gasteiger partial charge in [-0.3, -0.25) is 0 Å². The molecule has 4 heterocycles. The molecule has 0 amide bonds. The van der Waals surface area contributed by atoms with Crippen molar-refractivity contribution in [3.05, 3.63) is 53.1 Å². The summed E-state index contributed by atoms with van der Waals surface area (Å²) in [4.78, 5) is 12.3. The van der Waals surface area contributed by atoms with Crippen LogP contribution in [0.3, 0.4) is 0 Å². The molecule has 2 aliphatic heterocycles. The fourth-order valence-corrected chi connectivity index (χ4v) is 4.06. The molecule has 2 saturated heterocycles. The molecule has 3 aromatic rings. The Morgan fingerprint density at radius 2 is 1.92 bits per heavy atom. The van der Waals surface area contributed by atoms with Gasteiger partial charge in [0.1, 0.15) is 28.8 Å². The number of piperidine rings is 1. The molecule has 1 aromatic carbocycles. The lowest BCUT2D eigenvalue weighted by Gasteiger charge is -2.29. The van der Waals surface area contributed by atoms with E-state index in [0.717, 1.165) is 24.0 Å². The van der Waals surface area contributed by atoms with Crippen molar-refractivity contribution in [2.24, 2.45) is 0 Å². The maximum Gasteiger partial charge on any atom is 0.347 e. The van der Waals surface area contributed by atoms with Crippen molar-refractivity contribution < 1.29 is 13.6 Å². The lowest BCUT2D eigenvalue weighted by molar-refractivity contribution is 0.137. The van der Waals surface area contributed by atoms with Gasteiger partial charge in [-0.25, -0.2) is 4.79 Å². The minimum Gasteiger partial charge on any atom is -0.490 e. The fourth-order valence-electron chi connectivity index (χ4n) is 4.06. The van der Waals surface area contributed by atoms with Crippen molar-refractivity contribution in [2.45, 2.75) is 43.9 Å². The largest absolute Gasteiger partial charge is 0.490 e. The van der Waals surface area contributed by atoms with Crippen LogP contribution < -0.4 is 15.7 Å². The first-order valence-corrected chi connectivity index (χ1v) is 8.79. The second kappa shape index (κ2) is 5.77. The lowest BCUT2D eigenvalue weighted by Crippen LogP contribution is -2.42. The van der Waals surface area contributed by atoms with E-state index in [4.69, 9.17) is 13.6 Å². The van der Waals surface area contributed by atoms with Gasteiger partial charge in [0.15, 0.2) is 0 Å². The smallest absolute Gasteiger partial charge is 0.347 e. The third-order valence-electron chi connectivity index (χ3n) is 5.23. The summed E-state index contributed by atoms with van der Waals surface area (Å²) >= 11 is 0. The molecule has 5 heteroatoms. The molecule has 25 heavy (non-hydrogen) atoms. The van der Waals surface area contributed by atoms with Crippen molar-refractivity contribution in [2.75, 3.05) is 0 Å². The van der Waals surface area contributed by atoms with Crippen LogP contribution in [0.4, 0.5) is 0 Å². The predicted octanol–water partition coefficient (Wildman–Crippen LogP) is 3.71. The number of furan rings is 1. The Labute approximate surface area is 144 Å². The summed E-state index contributed by atoms with van der Waals surface area (Å²) < 4.78 is 17.0. The Morgan fingerprint density at radius 1 is 1.08 bits per heavy atom. The average Bonchev–Trinajstić information content (AvgIpc) is 3.24. The molecular formula is C20H19NO4. The highest BCUT2D eigenvalue weighted by molar-refractivity contribution is 5.81. The number of nitrogens with one attached hydrogen (secondary N) is 1. The topological polar surface area (TPSA) is 64.6 Å². The molecule has 5 nitrogen and oxygen atoms in total. The van der Waals surface area contributed by atoms with E-state index >= 15 is 0 Å². The molecule has 3 atom stereocenters. The molecule has 2 aromatic heterocycles. The van der Waals surface area contributed by atoms with Crippen molar-refractivity contribution >= 4 is 11.0 Å². The van der Waals surface area contributed by atoms with Crippen LogP contribution >= 0.6 is 0 Å². The van der Waals surface area contributed by atoms with Crippen LogP contribution in [-0.2, 0) is 0 Å². The Bertz CT molecular complexity index is 947. The summed E-state index contributed by atoms with van der Waals surface area (Å²) in [6.07, 6.45) is 6.33. The zero-order chi connectivity index (χ0) is 16.8. The highest BCUT2D eigenvalue weighted by atomic mass is 16.5. The number of rotatable bonds is 3. The Morgan fingerprint density at radius 3 is 2.68 bits per heavy atom. The Kier molecular flexibility index (Phi) is 3.41. The van der Waals surface area contributed by atoms with E-state index in [1.165, 1.54) is 12.8 Å². The van der Waals surface area contributed by atoms with Gasteiger partial charge in [-0.05, 0) is 56.0 Å². The van der Waals surface area contributed by atoms with E-state index in [0.29, 0.717) is 29.0 Å². The number of hydrogen-bond donors (Lipinski definition) is 1. The Balaban J connectivity index is 1.44. The van der Waals surface area contributed by atoms with Crippen molar-refractivity contribution in [3.63, 3.8) is 0 Å². The van der Waals surface area contributed by atoms with E-state index in [9.17, 15) is 4.79 Å². The summed E-state index contributed by atoms with van der Waals surface area (Å²) in [6, 6.07) is 12.1. The van der Waals surface area contributed by atoms with Gasteiger partial charge < -0.3 is 18.9 Å². The van der Waals surface area contributed by atoms with Crippen LogP contribution in [0.5, 0.6) is 5.75 Å². The van der Waals surface area contributed by atoms with Gasteiger partial charge in [-0.2, -0.15) is 0 Å². The highest BCUT2D eigenvalue weighted by Gasteiger charge is 2.34. The summed E-state index contributed by atoms with van der Waals surface area (Å²) in [6.45, 7) is 0. The molecule has 0 radical (unpaired) electrons. The lowest BCUT2D eigenvalue weighted by atomic mass is 10.0. The van der Waals surface area contributed by atoms with E-state index < -0.39 is 5.63 Å². The minimum absolute atomic E-state index is 0.227. The molecule has 0 spiro atoms. The van der Waals surface area contributed by atoms with Crippen molar-refractivity contribution in [1.82, 2.24) is 5.32 Å². The van der Waals surface area contributed by atoms with Crippen molar-refractivity contribution in [1.29, 1.82) is 0 Å². The zero-order valence-corrected chi connectivity index (χ0v) is 13.7. The number of ether oxygens (including phenoxy) is 1. The van der Waals surface area contributed by atoms with E-state index in [2.05, 4.69) is 5.32 Å². The molecule has 0 unspecified atom stereocenters. The fraction of sp³-hybridized carbons (Fsp3) is 0.350. The van der Waals surface area contributed by atoms with E-state index in [-0.39, 0.29) is 6.10 Å². The van der Waals surface area contributed by atoms with Gasteiger partial charge in [-0.15, -0.1) is 0 Å². The van der Waals surface area contributed by atoms with E-state index in [1.807, 2.05) is 18.2 Å². The standard InChI is InChI=1S/C20H19NO4/c22-20-17(18-2-1-7-23-18)8-12-3-6-15(11-19(12)25-20)24-16-9-13-4-5-14(10-16)21-13/h1-3,6-8,11,13-14,16,21H,4-5,9-10H2/t13-,14+,16-. The second-order valence-corrected chi connectivity index (χ2v) is 6.97. The quantitative estimate of drug-likeness (QED) is 0.738. The van der Waals surface area contributed by atoms with Crippen LogP contribution in [-0.4, -0.2) is 18.2 Å². The SMILES string of the molecule is O=c1oc2cc(O[C@@H]3C[C@H]4CC[C@@H](C3)N4)ccc2cc1-c1ccco1. The average molecular weight is 337 g/mol. The van der Waals surface area contributed by atoms with Gasteiger partial charge in [-0.1, -0.05) is 0 Å². The maximum atomic E-state index is 12.3. The number of benzene rings is 1. The molecule has 1 N–H and O–H groups in total. The predicted molar refractivity (Wildman–Crippen MR) is 93.8 cm³/mol. The molecule has 2 bridgehead atoms. The molecule has 5 rings (SSSR count). The van der Waals surface area contributed by atoms with Crippen LogP contribution in [0, 0.1) is 0 Å². The van der Waals surface area contributed by atoms with Gasteiger partial charge in [0.2, 0.25) is 0 Å². The maximum absolute atomic E-state index is 12.3. The van der Waals surface area contributed by atoms with Crippen LogP contribution in [0.1, 0.15) is 25.7 Å². The monoisotopic (exact) mass is 337 g/mol. The summed E-state index contributed by atoms with van der Waals surface area (Å²) in [5, 5.41) is 4.46. The molecular weight excluding hydrogens is 318 g/mol. The highest BCUT2D eigenvalue weighted by Crippen LogP contribution is 2.31. The van der Waals surface area contributed by atoms with Gasteiger partial charge in [0.25, 0.3) is 0 Å². The van der Waals surface area contributed by atoms with Gasteiger partial charge >= 0.3 is 5.63 Å². The normalized spacial score (nSPS) is 25.4. The van der Waals surface area contributed by atoms with Gasteiger partial charge in [0, 0.05) is 23.5 Å². The third-order valence-corrected chi connectivity index (χ3v) is 5.23. The summed E-state index contributed by atoms with van der Waals surface area (Å²) in [5.74, 6) is 1.27. The van der Waals surface area contributed by atoms with Crippen LogP contribution in [0.15, 0.2) is 56.3 Å². The zero-order valence-electron chi connectivity index (χ0n) is 13.7. The summed E-state index contributed by atoms with van der Waals surface area (Å²) in [7, 11) is 0. The molecule has 2 fully saturated rings. The molecule has 128 valence electrons. The Hall–Kier alpha value is -2.53. The number of fused-ring (bicyclic) bond motifs is 3. The van der Waals surface area contributed by atoms with Crippen LogP contribution in [0.2, 0.25) is 0 Å². The first kappa shape index (κ1) is 14.8. The summed E-state index contributed by atoms with van der Waals surface area (Å²) in [5.41, 5.74) is 0.565.